The average Bonchev–Trinajstić information content (AvgIpc) is 3.11. The predicted octanol–water partition coefficient (Wildman–Crippen LogP) is 6.29. The first-order valence-electron chi connectivity index (χ1n) is 9.97. The van der Waals surface area contributed by atoms with E-state index in [2.05, 4.69) is 89.4 Å². The van der Waals surface area contributed by atoms with Gasteiger partial charge in [0.15, 0.2) is 0 Å². The number of aromatic nitrogens is 2. The predicted molar refractivity (Wildman–Crippen MR) is 120 cm³/mol. The number of H-pyrrole nitrogens is 1. The molecule has 3 nitrogen and oxygen atoms in total. The van der Waals surface area contributed by atoms with Crippen LogP contribution >= 0.6 is 11.6 Å². The number of aromatic amines is 1. The molecule has 3 aromatic carbocycles. The smallest absolute Gasteiger partial charge is 0.244 e. The van der Waals surface area contributed by atoms with Crippen molar-refractivity contribution in [3.05, 3.63) is 101 Å². The maximum Gasteiger partial charge on any atom is 0.361 e. The zero-order chi connectivity index (χ0) is 20.0. The van der Waals surface area contributed by atoms with E-state index in [1.165, 1.54) is 11.1 Å². The molecule has 29 heavy (non-hydrogen) atoms. The maximum absolute atomic E-state index is 6.33. The van der Waals surface area contributed by atoms with Crippen molar-refractivity contribution in [3.63, 3.8) is 0 Å². The number of para-hydroxylation sites is 2. The topological polar surface area (TPSA) is 31.7 Å². The Labute approximate surface area is 175 Å². The van der Waals surface area contributed by atoms with E-state index in [4.69, 9.17) is 11.6 Å². The van der Waals surface area contributed by atoms with Crippen LogP contribution < -0.4 is 9.88 Å². The van der Waals surface area contributed by atoms with Crippen LogP contribution in [-0.2, 0) is 0 Å². The third-order valence-electron chi connectivity index (χ3n) is 5.59. The summed E-state index contributed by atoms with van der Waals surface area (Å²) in [6.07, 6.45) is 2.28. The molecule has 0 saturated heterocycles. The Morgan fingerprint density at radius 1 is 0.931 bits per heavy atom. The van der Waals surface area contributed by atoms with Crippen LogP contribution in [0.4, 0.5) is 5.95 Å². The Bertz CT molecular complexity index is 1220. The number of benzene rings is 3. The minimum Gasteiger partial charge on any atom is -0.244 e. The first-order valence-corrected chi connectivity index (χ1v) is 10.3. The Hall–Kier alpha value is -3.04. The van der Waals surface area contributed by atoms with E-state index in [1.807, 2.05) is 18.2 Å². The van der Waals surface area contributed by atoms with Gasteiger partial charge in [-0.3, -0.25) is 0 Å². The van der Waals surface area contributed by atoms with Crippen LogP contribution in [0, 0.1) is 0 Å². The van der Waals surface area contributed by atoms with Crippen LogP contribution in [0.25, 0.3) is 16.7 Å². The summed E-state index contributed by atoms with van der Waals surface area (Å²) in [4.78, 5) is 3.54. The number of fused-ring (bicyclic) bond motifs is 3. The van der Waals surface area contributed by atoms with Gasteiger partial charge in [0.1, 0.15) is 22.8 Å². The fourth-order valence-corrected chi connectivity index (χ4v) is 4.23. The molecule has 1 unspecified atom stereocenters. The van der Waals surface area contributed by atoms with Gasteiger partial charge in [-0.05, 0) is 47.4 Å². The van der Waals surface area contributed by atoms with Crippen molar-refractivity contribution in [3.8, 4) is 0 Å². The molecule has 0 amide bonds. The van der Waals surface area contributed by atoms with Crippen LogP contribution in [-0.4, -0.2) is 4.98 Å². The summed E-state index contributed by atoms with van der Waals surface area (Å²) in [6.45, 7) is 4.44. The molecule has 0 radical (unpaired) electrons. The number of halogens is 1. The molecule has 1 aliphatic heterocycles. The Morgan fingerprint density at radius 2 is 1.72 bits per heavy atom. The van der Waals surface area contributed by atoms with Crippen LogP contribution in [0.5, 0.6) is 0 Å². The summed E-state index contributed by atoms with van der Waals surface area (Å²) in [5.41, 5.74) is 7.03. The Kier molecular flexibility index (Phi) is 4.40. The molecule has 0 saturated carbocycles. The molecule has 0 bridgehead atoms. The SMILES string of the molecule is CC(C)c1ccc(C2=CC(c3cccc(Cl)c3)[n+]3c([nH]c4ccccc43)N2)cc1. The van der Waals surface area contributed by atoms with Crippen molar-refractivity contribution in [2.24, 2.45) is 0 Å². The Morgan fingerprint density at radius 3 is 2.48 bits per heavy atom. The third-order valence-corrected chi connectivity index (χ3v) is 5.83. The fraction of sp³-hybridized carbons (Fsp3) is 0.160. The highest BCUT2D eigenvalue weighted by atomic mass is 35.5. The van der Waals surface area contributed by atoms with Crippen LogP contribution in [0.1, 0.15) is 42.5 Å². The van der Waals surface area contributed by atoms with Gasteiger partial charge in [0.2, 0.25) is 0 Å². The van der Waals surface area contributed by atoms with Crippen molar-refractivity contribution < 1.29 is 4.57 Å². The first kappa shape index (κ1) is 18.0. The second-order valence-electron chi connectivity index (χ2n) is 7.84. The fourth-order valence-electron chi connectivity index (χ4n) is 4.03. The largest absolute Gasteiger partial charge is 0.361 e. The molecule has 1 aliphatic rings. The zero-order valence-electron chi connectivity index (χ0n) is 16.5. The monoisotopic (exact) mass is 400 g/mol. The molecule has 0 aliphatic carbocycles. The van der Waals surface area contributed by atoms with Crippen molar-refractivity contribution in [1.82, 2.24) is 4.98 Å². The van der Waals surface area contributed by atoms with E-state index < -0.39 is 0 Å². The first-order chi connectivity index (χ1) is 14.1. The lowest BCUT2D eigenvalue weighted by molar-refractivity contribution is -0.664. The number of hydrogen-bond acceptors (Lipinski definition) is 1. The van der Waals surface area contributed by atoms with Gasteiger partial charge in [-0.25, -0.2) is 14.9 Å². The van der Waals surface area contributed by atoms with Gasteiger partial charge < -0.3 is 0 Å². The molecule has 1 atom stereocenters. The minimum absolute atomic E-state index is 0.0425. The number of allylic oxidation sites excluding steroid dienone is 1. The normalized spacial score (nSPS) is 15.9. The highest BCUT2D eigenvalue weighted by Gasteiger charge is 2.31. The molecule has 4 aromatic rings. The number of anilines is 1. The van der Waals surface area contributed by atoms with Gasteiger partial charge in [-0.1, -0.05) is 74.0 Å². The molecule has 5 rings (SSSR count). The van der Waals surface area contributed by atoms with E-state index in [0.717, 1.165) is 33.3 Å². The summed E-state index contributed by atoms with van der Waals surface area (Å²) < 4.78 is 2.30. The lowest BCUT2D eigenvalue weighted by Crippen LogP contribution is -2.43. The quantitative estimate of drug-likeness (QED) is 0.389. The van der Waals surface area contributed by atoms with E-state index in [9.17, 15) is 0 Å². The molecular formula is C25H23ClN3+. The minimum atomic E-state index is 0.0425. The molecule has 0 fully saturated rings. The molecule has 2 N–H and O–H groups in total. The van der Waals surface area contributed by atoms with E-state index in [-0.39, 0.29) is 6.04 Å². The summed E-state index contributed by atoms with van der Waals surface area (Å²) >= 11 is 6.33. The van der Waals surface area contributed by atoms with Crippen molar-refractivity contribution in [1.29, 1.82) is 0 Å². The second kappa shape index (κ2) is 7.09. The van der Waals surface area contributed by atoms with Crippen LogP contribution in [0.2, 0.25) is 5.02 Å². The standard InChI is InChI=1S/C25H22ClN3/c1-16(2)17-10-12-18(13-11-17)22-15-24(19-6-5-7-20(26)14-19)29-23-9-4-3-8-21(23)27-25(29)28-22/h3-16,24H,1-2H3,(H,27,28)/p+1. The third kappa shape index (κ3) is 3.22. The summed E-state index contributed by atoms with van der Waals surface area (Å²) in [7, 11) is 0. The number of hydrogen-bond donors (Lipinski definition) is 2. The molecule has 2 heterocycles. The molecular weight excluding hydrogens is 378 g/mol. The lowest BCUT2D eigenvalue weighted by atomic mass is 9.98. The van der Waals surface area contributed by atoms with Gasteiger partial charge in [0.05, 0.1) is 0 Å². The molecule has 0 spiro atoms. The van der Waals surface area contributed by atoms with Crippen molar-refractivity contribution in [2.45, 2.75) is 25.8 Å². The summed E-state index contributed by atoms with van der Waals surface area (Å²) in [6, 6.07) is 25.4. The van der Waals surface area contributed by atoms with E-state index in [1.54, 1.807) is 0 Å². The summed E-state index contributed by atoms with van der Waals surface area (Å²) in [5.74, 6) is 1.49. The zero-order valence-corrected chi connectivity index (χ0v) is 17.2. The maximum atomic E-state index is 6.33. The van der Waals surface area contributed by atoms with Gasteiger partial charge in [0, 0.05) is 10.6 Å². The van der Waals surface area contributed by atoms with Gasteiger partial charge in [-0.2, -0.15) is 0 Å². The van der Waals surface area contributed by atoms with E-state index in [0.29, 0.717) is 5.92 Å². The lowest BCUT2D eigenvalue weighted by Gasteiger charge is -2.21. The average molecular weight is 401 g/mol. The van der Waals surface area contributed by atoms with Crippen molar-refractivity contribution >= 4 is 34.3 Å². The van der Waals surface area contributed by atoms with Crippen LogP contribution in [0.15, 0.2) is 78.9 Å². The number of rotatable bonds is 3. The van der Waals surface area contributed by atoms with Crippen LogP contribution in [0.3, 0.4) is 0 Å². The van der Waals surface area contributed by atoms with Gasteiger partial charge >= 0.3 is 5.95 Å². The molecule has 144 valence electrons. The Balaban J connectivity index is 1.67. The number of nitrogens with one attached hydrogen (secondary N) is 2. The van der Waals surface area contributed by atoms with Gasteiger partial charge in [-0.15, -0.1) is 0 Å². The highest BCUT2D eigenvalue weighted by molar-refractivity contribution is 6.30. The van der Waals surface area contributed by atoms with Crippen molar-refractivity contribution in [2.75, 3.05) is 5.32 Å². The number of imidazole rings is 1. The van der Waals surface area contributed by atoms with E-state index >= 15 is 0 Å². The summed E-state index contributed by atoms with van der Waals surface area (Å²) in [5, 5.41) is 4.35. The molecule has 1 aromatic heterocycles. The number of nitrogens with zero attached hydrogens (tertiary/aromatic N) is 1. The van der Waals surface area contributed by atoms with Gasteiger partial charge in [0.25, 0.3) is 0 Å². The highest BCUT2D eigenvalue weighted by Crippen LogP contribution is 2.31. The molecule has 4 heteroatoms. The second-order valence-corrected chi connectivity index (χ2v) is 8.28.